The minimum Gasteiger partial charge on any atom is -0.454 e. The van der Waals surface area contributed by atoms with Crippen molar-refractivity contribution in [3.05, 3.63) is 77.8 Å². The summed E-state index contributed by atoms with van der Waals surface area (Å²) in [6.07, 6.45) is 1.86. The van der Waals surface area contributed by atoms with Gasteiger partial charge in [0, 0.05) is 17.1 Å². The maximum atomic E-state index is 6.34. The Morgan fingerprint density at radius 1 is 0.867 bits per heavy atom. The predicted molar refractivity (Wildman–Crippen MR) is 129 cm³/mol. The van der Waals surface area contributed by atoms with Crippen LogP contribution in [-0.4, -0.2) is 4.98 Å². The smallest absolute Gasteiger partial charge is 0.153 e. The topological polar surface area (TPSA) is 26.0 Å². The van der Waals surface area contributed by atoms with Crippen LogP contribution >= 0.6 is 11.3 Å². The van der Waals surface area contributed by atoms with Gasteiger partial charge in [-0.05, 0) is 62.8 Å². The van der Waals surface area contributed by atoms with Crippen LogP contribution in [0.15, 0.2) is 76.7 Å². The molecule has 0 saturated heterocycles. The summed E-state index contributed by atoms with van der Waals surface area (Å²) < 4.78 is 7.54. The zero-order valence-corrected chi connectivity index (χ0v) is 18.0. The summed E-state index contributed by atoms with van der Waals surface area (Å²) in [7, 11) is 0. The van der Waals surface area contributed by atoms with Gasteiger partial charge in [-0.2, -0.15) is 0 Å². The molecule has 0 N–H and O–H groups in total. The van der Waals surface area contributed by atoms with Crippen molar-refractivity contribution in [3.63, 3.8) is 0 Å². The Hall–Kier alpha value is -3.17. The summed E-state index contributed by atoms with van der Waals surface area (Å²) in [5.74, 6) is 0. The minimum absolute atomic E-state index is 0.0328. The number of hydrogen-bond acceptors (Lipinski definition) is 3. The number of benzene rings is 3. The van der Waals surface area contributed by atoms with Crippen molar-refractivity contribution in [2.75, 3.05) is 0 Å². The van der Waals surface area contributed by atoms with Crippen molar-refractivity contribution in [2.45, 2.75) is 26.2 Å². The van der Waals surface area contributed by atoms with E-state index in [0.717, 1.165) is 33.2 Å². The SMILES string of the molecule is CC(C)(C)c1cc(-c2nccc3oc4c(ccc5ccsc54)c23)cc2ccccc12. The van der Waals surface area contributed by atoms with E-state index in [4.69, 9.17) is 9.40 Å². The summed E-state index contributed by atoms with van der Waals surface area (Å²) in [5.41, 5.74) is 5.34. The Morgan fingerprint density at radius 3 is 2.60 bits per heavy atom. The summed E-state index contributed by atoms with van der Waals surface area (Å²) in [6, 6.07) is 21.7. The first-order valence-electron chi connectivity index (χ1n) is 10.2. The number of thiophene rings is 1. The number of hydrogen-bond donors (Lipinski definition) is 0. The van der Waals surface area contributed by atoms with E-state index in [1.165, 1.54) is 26.4 Å². The molecule has 3 heterocycles. The van der Waals surface area contributed by atoms with Gasteiger partial charge >= 0.3 is 0 Å². The molecule has 0 aliphatic carbocycles. The lowest BCUT2D eigenvalue weighted by molar-refractivity contribution is 0.596. The van der Waals surface area contributed by atoms with Gasteiger partial charge in [-0.25, -0.2) is 0 Å². The molecule has 6 rings (SSSR count). The van der Waals surface area contributed by atoms with Crippen molar-refractivity contribution in [1.82, 2.24) is 4.98 Å². The van der Waals surface area contributed by atoms with Crippen LogP contribution in [0.1, 0.15) is 26.3 Å². The molecule has 2 nitrogen and oxygen atoms in total. The highest BCUT2D eigenvalue weighted by Crippen LogP contribution is 2.41. The second kappa shape index (κ2) is 6.16. The van der Waals surface area contributed by atoms with Crippen molar-refractivity contribution >= 4 is 54.1 Å². The molecule has 0 radical (unpaired) electrons. The molecule has 0 spiro atoms. The molecule has 0 fully saturated rings. The molecule has 6 aromatic rings. The molecule has 3 aromatic heterocycles. The number of rotatable bonds is 1. The van der Waals surface area contributed by atoms with Gasteiger partial charge in [-0.1, -0.05) is 51.1 Å². The standard InChI is InChI=1S/C27H21NOS/c1-27(2,3)21-15-18(14-17-6-4-5-7-19(17)21)24-23-20-9-8-16-11-13-30-26(16)25(20)29-22(23)10-12-28-24/h4-15H,1-3H3. The third-order valence-electron chi connectivity index (χ3n) is 5.91. The van der Waals surface area contributed by atoms with E-state index < -0.39 is 0 Å². The van der Waals surface area contributed by atoms with Crippen molar-refractivity contribution in [2.24, 2.45) is 0 Å². The third kappa shape index (κ3) is 2.52. The Morgan fingerprint density at radius 2 is 1.73 bits per heavy atom. The molecular weight excluding hydrogens is 386 g/mol. The summed E-state index contributed by atoms with van der Waals surface area (Å²) >= 11 is 1.73. The molecule has 0 bridgehead atoms. The van der Waals surface area contributed by atoms with E-state index in [0.29, 0.717) is 0 Å². The van der Waals surface area contributed by atoms with Gasteiger partial charge in [-0.15, -0.1) is 11.3 Å². The van der Waals surface area contributed by atoms with Crippen molar-refractivity contribution < 1.29 is 4.42 Å². The third-order valence-corrected chi connectivity index (χ3v) is 6.84. The average molecular weight is 408 g/mol. The van der Waals surface area contributed by atoms with Crippen LogP contribution in [0.2, 0.25) is 0 Å². The maximum absolute atomic E-state index is 6.34. The van der Waals surface area contributed by atoms with Crippen LogP contribution in [0.5, 0.6) is 0 Å². The Balaban J connectivity index is 1.73. The molecule has 146 valence electrons. The quantitative estimate of drug-likeness (QED) is 0.274. The molecular formula is C27H21NOS. The molecule has 3 aromatic carbocycles. The van der Waals surface area contributed by atoms with Crippen molar-refractivity contribution in [1.29, 1.82) is 0 Å². The molecule has 0 saturated carbocycles. The van der Waals surface area contributed by atoms with Crippen molar-refractivity contribution in [3.8, 4) is 11.3 Å². The maximum Gasteiger partial charge on any atom is 0.153 e. The second-order valence-electron chi connectivity index (χ2n) is 8.91. The summed E-state index contributed by atoms with van der Waals surface area (Å²) in [6.45, 7) is 6.81. The Bertz CT molecular complexity index is 1580. The van der Waals surface area contributed by atoms with Gasteiger partial charge in [0.1, 0.15) is 5.58 Å². The van der Waals surface area contributed by atoms with E-state index in [1.807, 2.05) is 12.3 Å². The molecule has 0 atom stereocenters. The highest BCUT2D eigenvalue weighted by Gasteiger charge is 2.21. The van der Waals surface area contributed by atoms with E-state index >= 15 is 0 Å². The molecule has 3 heteroatoms. The van der Waals surface area contributed by atoms with Gasteiger partial charge in [0.2, 0.25) is 0 Å². The van der Waals surface area contributed by atoms with Gasteiger partial charge in [0.15, 0.2) is 5.58 Å². The van der Waals surface area contributed by atoms with E-state index in [1.54, 1.807) is 11.3 Å². The van der Waals surface area contributed by atoms with Crippen LogP contribution in [0.4, 0.5) is 0 Å². The van der Waals surface area contributed by atoms with Crippen LogP contribution in [0.25, 0.3) is 54.1 Å². The molecule has 0 aliphatic heterocycles. The fourth-order valence-electron chi connectivity index (χ4n) is 4.49. The number of aromatic nitrogens is 1. The Kier molecular flexibility index (Phi) is 3.63. The van der Waals surface area contributed by atoms with E-state index in [2.05, 4.69) is 80.7 Å². The number of pyridine rings is 1. The first-order valence-corrected chi connectivity index (χ1v) is 11.1. The number of furan rings is 1. The fourth-order valence-corrected chi connectivity index (χ4v) is 5.37. The van der Waals surface area contributed by atoms with Crippen LogP contribution in [0, 0.1) is 0 Å². The molecule has 0 amide bonds. The van der Waals surface area contributed by atoms with Gasteiger partial charge in [0.25, 0.3) is 0 Å². The van der Waals surface area contributed by atoms with Crippen LogP contribution in [-0.2, 0) is 5.41 Å². The number of nitrogens with zero attached hydrogens (tertiary/aromatic N) is 1. The monoisotopic (exact) mass is 407 g/mol. The second-order valence-corrected chi connectivity index (χ2v) is 9.83. The predicted octanol–water partition coefficient (Wildman–Crippen LogP) is 8.31. The first kappa shape index (κ1) is 17.7. The zero-order valence-electron chi connectivity index (χ0n) is 17.2. The lowest BCUT2D eigenvalue weighted by Crippen LogP contribution is -2.12. The first-order chi connectivity index (χ1) is 14.5. The molecule has 0 aliphatic rings. The normalized spacial score (nSPS) is 12.5. The molecule has 30 heavy (non-hydrogen) atoms. The lowest BCUT2D eigenvalue weighted by atomic mass is 9.82. The fraction of sp³-hybridized carbons (Fsp3) is 0.148. The summed E-state index contributed by atoms with van der Waals surface area (Å²) in [4.78, 5) is 4.84. The van der Waals surface area contributed by atoms with Crippen LogP contribution in [0.3, 0.4) is 0 Å². The molecule has 0 unspecified atom stereocenters. The van der Waals surface area contributed by atoms with E-state index in [-0.39, 0.29) is 5.41 Å². The van der Waals surface area contributed by atoms with Crippen LogP contribution < -0.4 is 0 Å². The average Bonchev–Trinajstić information content (AvgIpc) is 3.36. The largest absolute Gasteiger partial charge is 0.454 e. The number of fused-ring (bicyclic) bond motifs is 6. The minimum atomic E-state index is 0.0328. The summed E-state index contributed by atoms with van der Waals surface area (Å²) in [5, 5.41) is 8.12. The van der Waals surface area contributed by atoms with E-state index in [9.17, 15) is 0 Å². The Labute approximate surface area is 178 Å². The van der Waals surface area contributed by atoms with Gasteiger partial charge in [-0.3, -0.25) is 4.98 Å². The van der Waals surface area contributed by atoms with Gasteiger partial charge in [0.05, 0.1) is 15.8 Å². The highest BCUT2D eigenvalue weighted by atomic mass is 32.1. The highest BCUT2D eigenvalue weighted by molar-refractivity contribution is 7.18. The lowest BCUT2D eigenvalue weighted by Gasteiger charge is -2.22. The zero-order chi connectivity index (χ0) is 20.5. The van der Waals surface area contributed by atoms with Gasteiger partial charge < -0.3 is 4.42 Å².